The number of benzene rings is 1. The second kappa shape index (κ2) is 7.33. The van der Waals surface area contributed by atoms with Gasteiger partial charge in [-0.05, 0) is 20.0 Å². The summed E-state index contributed by atoms with van der Waals surface area (Å²) in [7, 11) is 2.05. The van der Waals surface area contributed by atoms with Crippen molar-refractivity contribution in [3.8, 4) is 0 Å². The largest absolute Gasteiger partial charge is 0.338 e. The van der Waals surface area contributed by atoms with Gasteiger partial charge >= 0.3 is 0 Å². The number of carbonyl (C=O) groups excluding carboxylic acids is 2. The van der Waals surface area contributed by atoms with E-state index in [9.17, 15) is 9.59 Å². The molecular formula is C17H22ClN3O2S. The molecule has 0 unspecified atom stereocenters. The van der Waals surface area contributed by atoms with Crippen LogP contribution in [0.15, 0.2) is 24.3 Å². The number of carbonyl (C=O) groups is 2. The number of halogens is 1. The summed E-state index contributed by atoms with van der Waals surface area (Å²) in [5.41, 5.74) is 0.896. The molecule has 2 atom stereocenters. The van der Waals surface area contributed by atoms with Crippen LogP contribution in [0.2, 0.25) is 5.02 Å². The normalized spacial score (nSPS) is 23.6. The number of likely N-dealkylation sites (N-methyl/N-ethyl adjacent to an activating group) is 1. The Bertz CT molecular complexity index is 634. The number of nitrogens with zero attached hydrogens (tertiary/aromatic N) is 3. The molecule has 0 N–H and O–H groups in total. The highest BCUT2D eigenvalue weighted by atomic mass is 35.5. The first-order valence-corrected chi connectivity index (χ1v) is 9.56. The molecule has 2 saturated heterocycles. The number of piperazine rings is 1. The Balaban J connectivity index is 1.79. The third kappa shape index (κ3) is 3.41. The average molecular weight is 368 g/mol. The average Bonchev–Trinajstić information content (AvgIpc) is 2.96. The van der Waals surface area contributed by atoms with Crippen molar-refractivity contribution in [2.75, 3.05) is 39.0 Å². The second-order valence-corrected chi connectivity index (χ2v) is 7.77. The minimum atomic E-state index is -0.475. The van der Waals surface area contributed by atoms with Crippen molar-refractivity contribution in [1.82, 2.24) is 14.7 Å². The van der Waals surface area contributed by atoms with Gasteiger partial charge in [-0.25, -0.2) is 0 Å². The van der Waals surface area contributed by atoms with E-state index in [1.165, 1.54) is 11.8 Å². The highest BCUT2D eigenvalue weighted by molar-refractivity contribution is 8.00. The molecule has 2 aliphatic rings. The van der Waals surface area contributed by atoms with E-state index in [4.69, 9.17) is 11.6 Å². The monoisotopic (exact) mass is 367 g/mol. The molecular weight excluding hydrogens is 346 g/mol. The Morgan fingerprint density at radius 1 is 1.25 bits per heavy atom. The van der Waals surface area contributed by atoms with Crippen LogP contribution in [0, 0.1) is 0 Å². The molecule has 0 bridgehead atoms. The van der Waals surface area contributed by atoms with Crippen molar-refractivity contribution in [2.45, 2.75) is 18.3 Å². The molecule has 0 aromatic heterocycles. The van der Waals surface area contributed by atoms with Gasteiger partial charge in [0.25, 0.3) is 0 Å². The first-order valence-electron chi connectivity index (χ1n) is 8.13. The predicted octanol–water partition coefficient (Wildman–Crippen LogP) is 2.08. The molecule has 130 valence electrons. The SMILES string of the molecule is C[C@H](C(=O)N1CCN(C)CC1)N1C(=O)CS[C@@H]1c1ccccc1Cl. The Kier molecular flexibility index (Phi) is 5.37. The van der Waals surface area contributed by atoms with E-state index in [0.717, 1.165) is 18.7 Å². The fourth-order valence-corrected chi connectivity index (χ4v) is 4.78. The smallest absolute Gasteiger partial charge is 0.245 e. The molecule has 1 aromatic rings. The Labute approximate surface area is 151 Å². The van der Waals surface area contributed by atoms with Crippen LogP contribution >= 0.6 is 23.4 Å². The molecule has 24 heavy (non-hydrogen) atoms. The van der Waals surface area contributed by atoms with Crippen LogP contribution in [0.3, 0.4) is 0 Å². The van der Waals surface area contributed by atoms with Crippen molar-refractivity contribution >= 4 is 35.2 Å². The van der Waals surface area contributed by atoms with Crippen molar-refractivity contribution in [1.29, 1.82) is 0 Å². The number of hydrogen-bond acceptors (Lipinski definition) is 4. The summed E-state index contributed by atoms with van der Waals surface area (Å²) in [5.74, 6) is 0.409. The lowest BCUT2D eigenvalue weighted by Gasteiger charge is -2.37. The van der Waals surface area contributed by atoms with Crippen molar-refractivity contribution in [3.63, 3.8) is 0 Å². The van der Waals surface area contributed by atoms with Gasteiger partial charge in [-0.2, -0.15) is 0 Å². The van der Waals surface area contributed by atoms with Gasteiger partial charge in [0.2, 0.25) is 11.8 Å². The molecule has 1 aromatic carbocycles. The minimum Gasteiger partial charge on any atom is -0.338 e. The van der Waals surface area contributed by atoms with Crippen molar-refractivity contribution < 1.29 is 9.59 Å². The van der Waals surface area contributed by atoms with E-state index in [1.807, 2.05) is 36.1 Å². The number of hydrogen-bond donors (Lipinski definition) is 0. The summed E-state index contributed by atoms with van der Waals surface area (Å²) in [6.07, 6.45) is 0. The first-order chi connectivity index (χ1) is 11.5. The summed E-state index contributed by atoms with van der Waals surface area (Å²) in [6, 6.07) is 7.06. The maximum Gasteiger partial charge on any atom is 0.245 e. The summed E-state index contributed by atoms with van der Waals surface area (Å²) in [6.45, 7) is 5.00. The zero-order valence-corrected chi connectivity index (χ0v) is 15.5. The van der Waals surface area contributed by atoms with Gasteiger partial charge in [-0.1, -0.05) is 29.8 Å². The number of amides is 2. The lowest BCUT2D eigenvalue weighted by molar-refractivity contribution is -0.144. The third-order valence-electron chi connectivity index (χ3n) is 4.67. The van der Waals surface area contributed by atoms with Crippen LogP contribution in [0.25, 0.3) is 0 Å². The highest BCUT2D eigenvalue weighted by Crippen LogP contribution is 2.42. The van der Waals surface area contributed by atoms with E-state index >= 15 is 0 Å². The van der Waals surface area contributed by atoms with E-state index in [1.54, 1.807) is 4.90 Å². The van der Waals surface area contributed by atoms with Gasteiger partial charge in [0.15, 0.2) is 0 Å². The molecule has 0 saturated carbocycles. The molecule has 2 amide bonds. The van der Waals surface area contributed by atoms with Crippen molar-refractivity contribution in [2.24, 2.45) is 0 Å². The highest BCUT2D eigenvalue weighted by Gasteiger charge is 2.40. The fourth-order valence-electron chi connectivity index (χ4n) is 3.18. The molecule has 0 radical (unpaired) electrons. The fraction of sp³-hybridized carbons (Fsp3) is 0.529. The summed E-state index contributed by atoms with van der Waals surface area (Å²) in [5, 5.41) is 0.437. The standard InChI is InChI=1S/C17H22ClN3O2S/c1-12(16(23)20-9-7-19(2)8-10-20)21-15(22)11-24-17(21)13-5-3-4-6-14(13)18/h3-6,12,17H,7-11H2,1-2H3/t12-,17-/m1/s1. The van der Waals surface area contributed by atoms with Gasteiger partial charge in [0.1, 0.15) is 11.4 Å². The quantitative estimate of drug-likeness (QED) is 0.820. The van der Waals surface area contributed by atoms with Crippen molar-refractivity contribution in [3.05, 3.63) is 34.9 Å². The molecule has 2 aliphatic heterocycles. The van der Waals surface area contributed by atoms with Crippen LogP contribution in [-0.4, -0.2) is 71.5 Å². The van der Waals surface area contributed by atoms with Crippen LogP contribution in [0.5, 0.6) is 0 Å². The van der Waals surface area contributed by atoms with E-state index in [-0.39, 0.29) is 17.2 Å². The lowest BCUT2D eigenvalue weighted by atomic mass is 10.1. The topological polar surface area (TPSA) is 43.9 Å². The summed E-state index contributed by atoms with van der Waals surface area (Å²) >= 11 is 7.85. The molecule has 7 heteroatoms. The molecule has 0 spiro atoms. The molecule has 3 rings (SSSR count). The predicted molar refractivity (Wildman–Crippen MR) is 97.0 cm³/mol. The molecule has 2 fully saturated rings. The van der Waals surface area contributed by atoms with Gasteiger partial charge in [-0.15, -0.1) is 11.8 Å². The van der Waals surface area contributed by atoms with E-state index in [2.05, 4.69) is 11.9 Å². The zero-order chi connectivity index (χ0) is 17.3. The molecule has 2 heterocycles. The number of rotatable bonds is 3. The Morgan fingerprint density at radius 2 is 1.92 bits per heavy atom. The zero-order valence-electron chi connectivity index (χ0n) is 13.9. The van der Waals surface area contributed by atoms with Gasteiger partial charge in [0.05, 0.1) is 5.75 Å². The van der Waals surface area contributed by atoms with Crippen LogP contribution in [-0.2, 0) is 9.59 Å². The van der Waals surface area contributed by atoms with E-state index in [0.29, 0.717) is 23.9 Å². The summed E-state index contributed by atoms with van der Waals surface area (Å²) in [4.78, 5) is 31.1. The van der Waals surface area contributed by atoms with E-state index < -0.39 is 6.04 Å². The Morgan fingerprint density at radius 3 is 2.58 bits per heavy atom. The first kappa shape index (κ1) is 17.6. The maximum absolute atomic E-state index is 12.9. The third-order valence-corrected chi connectivity index (χ3v) is 6.22. The van der Waals surface area contributed by atoms with Gasteiger partial charge < -0.3 is 14.7 Å². The number of thioether (sulfide) groups is 1. The van der Waals surface area contributed by atoms with Gasteiger partial charge in [-0.3, -0.25) is 9.59 Å². The van der Waals surface area contributed by atoms with Gasteiger partial charge in [0, 0.05) is 36.8 Å². The Hall–Kier alpha value is -1.24. The minimum absolute atomic E-state index is 0.0000952. The van der Waals surface area contributed by atoms with Crippen LogP contribution in [0.4, 0.5) is 0 Å². The van der Waals surface area contributed by atoms with Crippen LogP contribution < -0.4 is 0 Å². The molecule has 0 aliphatic carbocycles. The molecule has 5 nitrogen and oxygen atoms in total. The second-order valence-electron chi connectivity index (χ2n) is 6.29. The van der Waals surface area contributed by atoms with Crippen LogP contribution in [0.1, 0.15) is 17.9 Å². The lowest BCUT2D eigenvalue weighted by Crippen LogP contribution is -2.54. The maximum atomic E-state index is 12.9. The summed E-state index contributed by atoms with van der Waals surface area (Å²) < 4.78 is 0.